The molecule has 0 saturated carbocycles. The van der Waals surface area contributed by atoms with E-state index in [-0.39, 0.29) is 17.6 Å². The summed E-state index contributed by atoms with van der Waals surface area (Å²) in [4.78, 5) is 0. The van der Waals surface area contributed by atoms with Crippen molar-refractivity contribution in [2.24, 2.45) is 0 Å². The highest BCUT2D eigenvalue weighted by molar-refractivity contribution is 5.31. The second-order valence-corrected chi connectivity index (χ2v) is 6.56. The van der Waals surface area contributed by atoms with Gasteiger partial charge in [0.2, 0.25) is 0 Å². The van der Waals surface area contributed by atoms with E-state index in [0.29, 0.717) is 0 Å². The van der Waals surface area contributed by atoms with E-state index in [4.69, 9.17) is 0 Å². The summed E-state index contributed by atoms with van der Waals surface area (Å²) in [5.41, 5.74) is 2.64. The van der Waals surface area contributed by atoms with Gasteiger partial charge >= 0.3 is 0 Å². The van der Waals surface area contributed by atoms with E-state index in [9.17, 15) is 5.11 Å². The predicted molar refractivity (Wildman–Crippen MR) is 82.5 cm³/mol. The zero-order chi connectivity index (χ0) is 14.5. The lowest BCUT2D eigenvalue weighted by molar-refractivity contribution is 0.221. The number of nitrogens with one attached hydrogen (secondary N) is 1. The molecule has 1 aromatic carbocycles. The molecule has 19 heavy (non-hydrogen) atoms. The normalized spacial score (nSPS) is 15.3. The van der Waals surface area contributed by atoms with Gasteiger partial charge in [-0.2, -0.15) is 0 Å². The topological polar surface area (TPSA) is 32.3 Å². The lowest BCUT2D eigenvalue weighted by Gasteiger charge is -2.32. The SMILES string of the molecule is CCCNC(C)(CCO)c1ccc(C(C)(C)C)cc1. The zero-order valence-electron chi connectivity index (χ0n) is 13.1. The van der Waals surface area contributed by atoms with E-state index in [2.05, 4.69) is 64.2 Å². The Morgan fingerprint density at radius 2 is 1.53 bits per heavy atom. The van der Waals surface area contributed by atoms with Crippen molar-refractivity contribution in [2.75, 3.05) is 13.2 Å². The van der Waals surface area contributed by atoms with Crippen LogP contribution in [0.25, 0.3) is 0 Å². The Morgan fingerprint density at radius 3 is 1.95 bits per heavy atom. The number of rotatable bonds is 6. The van der Waals surface area contributed by atoms with Gasteiger partial charge in [0.25, 0.3) is 0 Å². The summed E-state index contributed by atoms with van der Waals surface area (Å²) in [6, 6.07) is 8.80. The summed E-state index contributed by atoms with van der Waals surface area (Å²) in [6.07, 6.45) is 1.84. The van der Waals surface area contributed by atoms with Crippen molar-refractivity contribution in [3.8, 4) is 0 Å². The third-order valence-electron chi connectivity index (χ3n) is 3.77. The molecule has 0 aromatic heterocycles. The molecule has 0 fully saturated rings. The van der Waals surface area contributed by atoms with Crippen LogP contribution in [0.15, 0.2) is 24.3 Å². The van der Waals surface area contributed by atoms with Gasteiger partial charge in [0.15, 0.2) is 0 Å². The van der Waals surface area contributed by atoms with Crippen molar-refractivity contribution in [1.29, 1.82) is 0 Å². The summed E-state index contributed by atoms with van der Waals surface area (Å²) in [5, 5.41) is 12.9. The van der Waals surface area contributed by atoms with Crippen LogP contribution in [-0.2, 0) is 11.0 Å². The van der Waals surface area contributed by atoms with Gasteiger partial charge in [0, 0.05) is 12.1 Å². The van der Waals surface area contributed by atoms with Crippen LogP contribution in [0, 0.1) is 0 Å². The number of benzene rings is 1. The van der Waals surface area contributed by atoms with Crippen LogP contribution in [-0.4, -0.2) is 18.3 Å². The molecule has 1 unspecified atom stereocenters. The largest absolute Gasteiger partial charge is 0.396 e. The molecule has 0 heterocycles. The molecule has 0 saturated heterocycles. The molecule has 0 bridgehead atoms. The average Bonchev–Trinajstić information content (AvgIpc) is 2.36. The zero-order valence-corrected chi connectivity index (χ0v) is 13.1. The van der Waals surface area contributed by atoms with Gasteiger partial charge in [-0.15, -0.1) is 0 Å². The maximum Gasteiger partial charge on any atom is 0.0451 e. The fourth-order valence-electron chi connectivity index (χ4n) is 2.30. The van der Waals surface area contributed by atoms with Crippen molar-refractivity contribution < 1.29 is 5.11 Å². The molecule has 0 aliphatic heterocycles. The van der Waals surface area contributed by atoms with Gasteiger partial charge in [-0.05, 0) is 42.9 Å². The van der Waals surface area contributed by atoms with Crippen LogP contribution in [0.3, 0.4) is 0 Å². The summed E-state index contributed by atoms with van der Waals surface area (Å²) >= 11 is 0. The minimum atomic E-state index is -0.138. The number of aliphatic hydroxyl groups excluding tert-OH is 1. The van der Waals surface area contributed by atoms with Crippen LogP contribution < -0.4 is 5.32 Å². The third-order valence-corrected chi connectivity index (χ3v) is 3.77. The first-order valence-electron chi connectivity index (χ1n) is 7.30. The second-order valence-electron chi connectivity index (χ2n) is 6.56. The highest BCUT2D eigenvalue weighted by atomic mass is 16.3. The smallest absolute Gasteiger partial charge is 0.0451 e. The molecule has 1 aromatic rings. The molecule has 0 amide bonds. The minimum absolute atomic E-state index is 0.138. The molecular formula is C17H29NO. The summed E-state index contributed by atoms with van der Waals surface area (Å²) in [5.74, 6) is 0. The molecule has 0 spiro atoms. The number of aliphatic hydroxyl groups is 1. The maximum atomic E-state index is 9.31. The van der Waals surface area contributed by atoms with E-state index in [1.807, 2.05) is 0 Å². The molecule has 2 nitrogen and oxygen atoms in total. The van der Waals surface area contributed by atoms with E-state index in [1.165, 1.54) is 11.1 Å². The molecule has 0 aliphatic rings. The van der Waals surface area contributed by atoms with Gasteiger partial charge < -0.3 is 10.4 Å². The van der Waals surface area contributed by atoms with E-state index < -0.39 is 0 Å². The highest BCUT2D eigenvalue weighted by Crippen LogP contribution is 2.28. The number of hydrogen-bond acceptors (Lipinski definition) is 2. The molecule has 1 rings (SSSR count). The van der Waals surface area contributed by atoms with Crippen LogP contribution in [0.1, 0.15) is 58.6 Å². The summed E-state index contributed by atoms with van der Waals surface area (Å²) in [6.45, 7) is 12.2. The van der Waals surface area contributed by atoms with Crippen LogP contribution in [0.4, 0.5) is 0 Å². The third kappa shape index (κ3) is 4.32. The fraction of sp³-hybridized carbons (Fsp3) is 0.647. The van der Waals surface area contributed by atoms with Gasteiger partial charge in [-0.1, -0.05) is 52.0 Å². The van der Waals surface area contributed by atoms with E-state index in [1.54, 1.807) is 0 Å². The fourth-order valence-corrected chi connectivity index (χ4v) is 2.30. The first kappa shape index (κ1) is 16.2. The molecule has 2 heteroatoms. The maximum absolute atomic E-state index is 9.31. The Balaban J connectivity index is 2.97. The van der Waals surface area contributed by atoms with Gasteiger partial charge in [0.05, 0.1) is 0 Å². The molecule has 2 N–H and O–H groups in total. The van der Waals surface area contributed by atoms with Crippen molar-refractivity contribution >= 4 is 0 Å². The minimum Gasteiger partial charge on any atom is -0.396 e. The summed E-state index contributed by atoms with van der Waals surface area (Å²) < 4.78 is 0. The van der Waals surface area contributed by atoms with Gasteiger partial charge in [-0.3, -0.25) is 0 Å². The van der Waals surface area contributed by atoms with Crippen molar-refractivity contribution in [3.63, 3.8) is 0 Å². The first-order chi connectivity index (χ1) is 8.83. The Morgan fingerprint density at radius 1 is 1.00 bits per heavy atom. The van der Waals surface area contributed by atoms with Crippen LogP contribution in [0.5, 0.6) is 0 Å². The molecule has 1 atom stereocenters. The average molecular weight is 263 g/mol. The second kappa shape index (κ2) is 6.53. The lowest BCUT2D eigenvalue weighted by atomic mass is 9.83. The number of hydrogen-bond donors (Lipinski definition) is 2. The Hall–Kier alpha value is -0.860. The Labute approximate surface area is 118 Å². The van der Waals surface area contributed by atoms with Crippen LogP contribution in [0.2, 0.25) is 0 Å². The lowest BCUT2D eigenvalue weighted by Crippen LogP contribution is -2.40. The standard InChI is InChI=1S/C17H29NO/c1-6-12-18-17(5,11-13-19)15-9-7-14(8-10-15)16(2,3)4/h7-10,18-19H,6,11-13H2,1-5H3. The first-order valence-corrected chi connectivity index (χ1v) is 7.30. The van der Waals surface area contributed by atoms with Crippen LogP contribution >= 0.6 is 0 Å². The monoisotopic (exact) mass is 263 g/mol. The van der Waals surface area contributed by atoms with Gasteiger partial charge in [0.1, 0.15) is 0 Å². The Kier molecular flexibility index (Phi) is 5.57. The van der Waals surface area contributed by atoms with E-state index >= 15 is 0 Å². The van der Waals surface area contributed by atoms with Crippen molar-refractivity contribution in [3.05, 3.63) is 35.4 Å². The molecular weight excluding hydrogens is 234 g/mol. The molecule has 0 aliphatic carbocycles. The molecule has 108 valence electrons. The summed E-state index contributed by atoms with van der Waals surface area (Å²) in [7, 11) is 0. The van der Waals surface area contributed by atoms with Crippen molar-refractivity contribution in [1.82, 2.24) is 5.32 Å². The quantitative estimate of drug-likeness (QED) is 0.822. The van der Waals surface area contributed by atoms with Gasteiger partial charge in [-0.25, -0.2) is 0 Å². The predicted octanol–water partition coefficient (Wildman–Crippen LogP) is 3.58. The van der Waals surface area contributed by atoms with E-state index in [0.717, 1.165) is 19.4 Å². The highest BCUT2D eigenvalue weighted by Gasteiger charge is 2.25. The van der Waals surface area contributed by atoms with Crippen molar-refractivity contribution in [2.45, 2.75) is 58.4 Å². The Bertz CT molecular complexity index is 377. The molecule has 0 radical (unpaired) electrons.